The third kappa shape index (κ3) is 4.65. The van der Waals surface area contributed by atoms with Crippen molar-refractivity contribution in [3.63, 3.8) is 0 Å². The van der Waals surface area contributed by atoms with Crippen LogP contribution in [0.25, 0.3) is 0 Å². The fourth-order valence-corrected chi connectivity index (χ4v) is 1.33. The van der Waals surface area contributed by atoms with Gasteiger partial charge in [0.25, 0.3) is 0 Å². The Hall–Kier alpha value is -1.22. The van der Waals surface area contributed by atoms with Gasteiger partial charge in [-0.05, 0) is 19.1 Å². The summed E-state index contributed by atoms with van der Waals surface area (Å²) in [4.78, 5) is 11.3. The van der Waals surface area contributed by atoms with E-state index < -0.39 is 0 Å². The highest BCUT2D eigenvalue weighted by atomic mass is 35.5. The Labute approximate surface area is 107 Å². The molecule has 0 saturated heterocycles. The van der Waals surface area contributed by atoms with E-state index in [2.05, 4.69) is 0 Å². The van der Waals surface area contributed by atoms with E-state index in [4.69, 9.17) is 21.1 Å². The van der Waals surface area contributed by atoms with E-state index in [-0.39, 0.29) is 18.0 Å². The summed E-state index contributed by atoms with van der Waals surface area (Å²) in [6, 6.07) is 7.20. The van der Waals surface area contributed by atoms with Crippen LogP contribution in [0.1, 0.15) is 20.8 Å². The summed E-state index contributed by atoms with van der Waals surface area (Å²) >= 11 is 5.93. The number of carbonyl (C=O) groups excluding carboxylic acids is 1. The number of halogens is 1. The second-order valence-corrected chi connectivity index (χ2v) is 4.55. The monoisotopic (exact) mass is 256 g/mol. The van der Waals surface area contributed by atoms with E-state index >= 15 is 0 Å². The average Bonchev–Trinajstić information content (AvgIpc) is 2.27. The molecule has 0 N–H and O–H groups in total. The standard InChI is InChI=1S/C13H17ClO3/c1-9(2)13(15)17-10(3)8-16-12-7-5-4-6-11(12)14/h4-7,9-10H,8H2,1-3H3/t10-/m1/s1. The molecular formula is C13H17ClO3. The van der Waals surface area contributed by atoms with Crippen molar-refractivity contribution < 1.29 is 14.3 Å². The Morgan fingerprint density at radius 1 is 1.29 bits per heavy atom. The molecule has 17 heavy (non-hydrogen) atoms. The smallest absolute Gasteiger partial charge is 0.308 e. The van der Waals surface area contributed by atoms with Crippen LogP contribution < -0.4 is 4.74 Å². The first-order valence-corrected chi connectivity index (χ1v) is 5.96. The SMILES string of the molecule is CC(C)C(=O)O[C@H](C)COc1ccccc1Cl. The molecule has 0 spiro atoms. The maximum atomic E-state index is 11.3. The Bertz CT molecular complexity index is 377. The molecule has 1 rings (SSSR count). The van der Waals surface area contributed by atoms with Crippen molar-refractivity contribution in [1.82, 2.24) is 0 Å². The molecule has 1 aromatic rings. The summed E-state index contributed by atoms with van der Waals surface area (Å²) in [5.41, 5.74) is 0. The molecule has 0 aliphatic rings. The van der Waals surface area contributed by atoms with E-state index in [9.17, 15) is 4.79 Å². The van der Waals surface area contributed by atoms with Crippen LogP contribution in [-0.4, -0.2) is 18.7 Å². The van der Waals surface area contributed by atoms with Gasteiger partial charge in [-0.2, -0.15) is 0 Å². The lowest BCUT2D eigenvalue weighted by Gasteiger charge is -2.16. The van der Waals surface area contributed by atoms with Crippen LogP contribution in [0.5, 0.6) is 5.75 Å². The van der Waals surface area contributed by atoms with Gasteiger partial charge in [-0.1, -0.05) is 37.6 Å². The molecule has 0 unspecified atom stereocenters. The first-order valence-electron chi connectivity index (χ1n) is 5.58. The minimum absolute atomic E-state index is 0.127. The van der Waals surface area contributed by atoms with Gasteiger partial charge in [-0.3, -0.25) is 4.79 Å². The van der Waals surface area contributed by atoms with Gasteiger partial charge in [-0.25, -0.2) is 0 Å². The Morgan fingerprint density at radius 2 is 1.94 bits per heavy atom. The maximum Gasteiger partial charge on any atom is 0.308 e. The second-order valence-electron chi connectivity index (χ2n) is 4.14. The number of benzene rings is 1. The van der Waals surface area contributed by atoms with E-state index in [0.29, 0.717) is 17.4 Å². The number of esters is 1. The Morgan fingerprint density at radius 3 is 2.53 bits per heavy atom. The zero-order chi connectivity index (χ0) is 12.8. The minimum Gasteiger partial charge on any atom is -0.488 e. The maximum absolute atomic E-state index is 11.3. The van der Waals surface area contributed by atoms with Crippen molar-refractivity contribution in [3.8, 4) is 5.75 Å². The fourth-order valence-electron chi connectivity index (χ4n) is 1.14. The summed E-state index contributed by atoms with van der Waals surface area (Å²) in [5.74, 6) is 0.250. The van der Waals surface area contributed by atoms with Gasteiger partial charge in [0, 0.05) is 0 Å². The zero-order valence-corrected chi connectivity index (χ0v) is 11.0. The molecule has 94 valence electrons. The highest BCUT2D eigenvalue weighted by Gasteiger charge is 2.13. The topological polar surface area (TPSA) is 35.5 Å². The lowest BCUT2D eigenvalue weighted by Crippen LogP contribution is -2.24. The molecule has 0 aromatic heterocycles. The molecule has 0 radical (unpaired) electrons. The third-order valence-electron chi connectivity index (χ3n) is 2.10. The van der Waals surface area contributed by atoms with Crippen LogP contribution in [0.2, 0.25) is 5.02 Å². The summed E-state index contributed by atoms with van der Waals surface area (Å²) < 4.78 is 10.6. The van der Waals surface area contributed by atoms with Gasteiger partial charge in [0.1, 0.15) is 18.5 Å². The summed E-state index contributed by atoms with van der Waals surface area (Å²) in [6.07, 6.45) is -0.291. The predicted molar refractivity (Wildman–Crippen MR) is 67.3 cm³/mol. The Kier molecular flexibility index (Phi) is 5.29. The first kappa shape index (κ1) is 13.8. The van der Waals surface area contributed by atoms with Gasteiger partial charge in [0.05, 0.1) is 10.9 Å². The van der Waals surface area contributed by atoms with Crippen LogP contribution in [0.4, 0.5) is 0 Å². The Balaban J connectivity index is 2.41. The van der Waals surface area contributed by atoms with E-state index in [1.54, 1.807) is 32.9 Å². The molecule has 0 fully saturated rings. The van der Waals surface area contributed by atoms with Crippen molar-refractivity contribution >= 4 is 17.6 Å². The van der Waals surface area contributed by atoms with E-state index in [0.717, 1.165) is 0 Å². The fraction of sp³-hybridized carbons (Fsp3) is 0.462. The molecule has 1 aromatic carbocycles. The predicted octanol–water partition coefficient (Wildman–Crippen LogP) is 3.31. The number of para-hydroxylation sites is 1. The van der Waals surface area contributed by atoms with Crippen LogP contribution in [0.3, 0.4) is 0 Å². The van der Waals surface area contributed by atoms with E-state index in [1.165, 1.54) is 0 Å². The summed E-state index contributed by atoms with van der Waals surface area (Å²) in [7, 11) is 0. The molecule has 0 saturated carbocycles. The number of ether oxygens (including phenoxy) is 2. The van der Waals surface area contributed by atoms with Crippen LogP contribution in [0.15, 0.2) is 24.3 Å². The van der Waals surface area contributed by atoms with Crippen molar-refractivity contribution in [2.75, 3.05) is 6.61 Å². The number of hydrogen-bond donors (Lipinski definition) is 0. The highest BCUT2D eigenvalue weighted by molar-refractivity contribution is 6.32. The molecule has 1 atom stereocenters. The quantitative estimate of drug-likeness (QED) is 0.759. The molecule has 0 aliphatic heterocycles. The number of carbonyl (C=O) groups is 1. The average molecular weight is 257 g/mol. The molecule has 4 heteroatoms. The van der Waals surface area contributed by atoms with Gasteiger partial charge in [0.15, 0.2) is 0 Å². The zero-order valence-electron chi connectivity index (χ0n) is 10.3. The highest BCUT2D eigenvalue weighted by Crippen LogP contribution is 2.23. The molecular weight excluding hydrogens is 240 g/mol. The normalized spacial score (nSPS) is 12.3. The lowest BCUT2D eigenvalue weighted by molar-refractivity contribution is -0.153. The number of rotatable bonds is 5. The molecule has 0 heterocycles. The molecule has 0 aliphatic carbocycles. The van der Waals surface area contributed by atoms with Gasteiger partial charge in [0.2, 0.25) is 0 Å². The molecule has 3 nitrogen and oxygen atoms in total. The minimum atomic E-state index is -0.291. The van der Waals surface area contributed by atoms with Crippen LogP contribution >= 0.6 is 11.6 Å². The number of hydrogen-bond acceptors (Lipinski definition) is 3. The third-order valence-corrected chi connectivity index (χ3v) is 2.41. The summed E-state index contributed by atoms with van der Waals surface area (Å²) in [5, 5.41) is 0.551. The van der Waals surface area contributed by atoms with Gasteiger partial charge >= 0.3 is 5.97 Å². The largest absolute Gasteiger partial charge is 0.488 e. The molecule has 0 amide bonds. The van der Waals surface area contributed by atoms with Gasteiger partial charge < -0.3 is 9.47 Å². The van der Waals surface area contributed by atoms with Crippen molar-refractivity contribution in [2.24, 2.45) is 5.92 Å². The molecule has 0 bridgehead atoms. The van der Waals surface area contributed by atoms with Crippen molar-refractivity contribution in [3.05, 3.63) is 29.3 Å². The van der Waals surface area contributed by atoms with Gasteiger partial charge in [-0.15, -0.1) is 0 Å². The second kappa shape index (κ2) is 6.50. The van der Waals surface area contributed by atoms with E-state index in [1.807, 2.05) is 12.1 Å². The van der Waals surface area contributed by atoms with Crippen LogP contribution in [0, 0.1) is 5.92 Å². The summed E-state index contributed by atoms with van der Waals surface area (Å²) in [6.45, 7) is 5.67. The lowest BCUT2D eigenvalue weighted by atomic mass is 10.2. The first-order chi connectivity index (χ1) is 8.00. The van der Waals surface area contributed by atoms with Crippen molar-refractivity contribution in [1.29, 1.82) is 0 Å². The van der Waals surface area contributed by atoms with Crippen LogP contribution in [-0.2, 0) is 9.53 Å². The van der Waals surface area contributed by atoms with Crippen molar-refractivity contribution in [2.45, 2.75) is 26.9 Å².